The summed E-state index contributed by atoms with van der Waals surface area (Å²) in [6.45, 7) is 2.51. The fourth-order valence-corrected chi connectivity index (χ4v) is 4.66. The lowest BCUT2D eigenvalue weighted by atomic mass is 9.99. The second-order valence-corrected chi connectivity index (χ2v) is 8.40. The highest BCUT2D eigenvalue weighted by Crippen LogP contribution is 2.33. The van der Waals surface area contributed by atoms with E-state index in [0.717, 1.165) is 28.1 Å². The molecule has 1 fully saturated rings. The Bertz CT molecular complexity index is 1350. The fourth-order valence-electron chi connectivity index (χ4n) is 4.66. The van der Waals surface area contributed by atoms with E-state index in [4.69, 9.17) is 9.82 Å². The molecule has 6 heteroatoms. The Labute approximate surface area is 193 Å². The van der Waals surface area contributed by atoms with Crippen LogP contribution in [0.25, 0.3) is 22.2 Å². The third-order valence-corrected chi connectivity index (χ3v) is 6.35. The Morgan fingerprint density at radius 2 is 1.76 bits per heavy atom. The number of aryl methyl sites for hydroxylation is 2. The zero-order chi connectivity index (χ0) is 22.9. The predicted octanol–water partition coefficient (Wildman–Crippen LogP) is 5.14. The number of hydrogen-bond acceptors (Lipinski definition) is 4. The largest absolute Gasteiger partial charge is 0.399 e. The van der Waals surface area contributed by atoms with Crippen molar-refractivity contribution in [2.75, 3.05) is 13.7 Å². The monoisotopic (exact) mass is 438 g/mol. The van der Waals surface area contributed by atoms with Crippen molar-refractivity contribution in [3.8, 4) is 11.1 Å². The summed E-state index contributed by atoms with van der Waals surface area (Å²) in [5, 5.41) is 4.16. The lowest BCUT2D eigenvalue weighted by molar-refractivity contribution is 0.0732. The van der Waals surface area contributed by atoms with Crippen molar-refractivity contribution >= 4 is 22.7 Å². The molecule has 1 aliphatic rings. The van der Waals surface area contributed by atoms with Gasteiger partial charge in [-0.3, -0.25) is 4.79 Å². The van der Waals surface area contributed by atoms with Crippen LogP contribution in [0, 0.1) is 6.92 Å². The number of imidazole rings is 1. The number of likely N-dealkylation sites (tertiary alicyclic amines) is 1. The van der Waals surface area contributed by atoms with Crippen LogP contribution in [0.2, 0.25) is 0 Å². The smallest absolute Gasteiger partial charge is 0.254 e. The molecular weight excluding hydrogens is 412 g/mol. The Balaban J connectivity index is 1.49. The van der Waals surface area contributed by atoms with Crippen molar-refractivity contribution < 1.29 is 9.63 Å². The standard InChI is InChI=1S/C27H26N4O2/c1-18-8-4-5-9-22(18)19-12-14-20(15-13-19)27(32)31-17-21(29-33-3)16-25(31)26-28-23-10-6-7-11-24(23)30(26)2/h4-15,25H,16-17H2,1-3H3. The van der Waals surface area contributed by atoms with Crippen LogP contribution in [0.4, 0.5) is 0 Å². The Hall–Kier alpha value is -3.93. The summed E-state index contributed by atoms with van der Waals surface area (Å²) >= 11 is 0. The van der Waals surface area contributed by atoms with Crippen molar-refractivity contribution in [2.24, 2.45) is 12.2 Å². The number of hydrogen-bond donors (Lipinski definition) is 0. The van der Waals surface area contributed by atoms with Crippen LogP contribution in [0.3, 0.4) is 0 Å². The van der Waals surface area contributed by atoms with Crippen molar-refractivity contribution in [2.45, 2.75) is 19.4 Å². The topological polar surface area (TPSA) is 59.7 Å². The van der Waals surface area contributed by atoms with E-state index < -0.39 is 0 Å². The fraction of sp³-hybridized carbons (Fsp3) is 0.222. The second kappa shape index (κ2) is 8.54. The van der Waals surface area contributed by atoms with Crippen LogP contribution in [0.5, 0.6) is 0 Å². The normalized spacial score (nSPS) is 17.1. The van der Waals surface area contributed by atoms with Gasteiger partial charge in [-0.15, -0.1) is 0 Å². The van der Waals surface area contributed by atoms with E-state index in [1.807, 2.05) is 72.6 Å². The van der Waals surface area contributed by atoms with Crippen LogP contribution in [-0.4, -0.2) is 39.7 Å². The van der Waals surface area contributed by atoms with Gasteiger partial charge in [0.25, 0.3) is 5.91 Å². The number of carbonyl (C=O) groups excluding carboxylic acids is 1. The molecule has 0 N–H and O–H groups in total. The van der Waals surface area contributed by atoms with Gasteiger partial charge in [0.15, 0.2) is 0 Å². The molecule has 0 radical (unpaired) electrons. The molecule has 1 atom stereocenters. The van der Waals surface area contributed by atoms with E-state index in [1.54, 1.807) is 0 Å². The summed E-state index contributed by atoms with van der Waals surface area (Å²) in [5.74, 6) is 0.812. The number of amides is 1. The molecule has 166 valence electrons. The summed E-state index contributed by atoms with van der Waals surface area (Å²) in [6.07, 6.45) is 0.595. The van der Waals surface area contributed by atoms with E-state index in [0.29, 0.717) is 18.5 Å². The number of aromatic nitrogens is 2. The van der Waals surface area contributed by atoms with Gasteiger partial charge in [-0.05, 0) is 47.9 Å². The first-order valence-electron chi connectivity index (χ1n) is 11.0. The first-order chi connectivity index (χ1) is 16.1. The lowest BCUT2D eigenvalue weighted by Gasteiger charge is -2.24. The quantitative estimate of drug-likeness (QED) is 0.415. The van der Waals surface area contributed by atoms with Crippen LogP contribution >= 0.6 is 0 Å². The molecule has 1 amide bonds. The molecule has 0 saturated carbocycles. The lowest BCUT2D eigenvalue weighted by Crippen LogP contribution is -2.32. The summed E-state index contributed by atoms with van der Waals surface area (Å²) in [7, 11) is 3.53. The first kappa shape index (κ1) is 20.9. The van der Waals surface area contributed by atoms with Gasteiger partial charge in [-0.2, -0.15) is 0 Å². The predicted molar refractivity (Wildman–Crippen MR) is 130 cm³/mol. The molecule has 6 nitrogen and oxygen atoms in total. The third kappa shape index (κ3) is 3.78. The Morgan fingerprint density at radius 3 is 2.48 bits per heavy atom. The Morgan fingerprint density at radius 1 is 1.03 bits per heavy atom. The van der Waals surface area contributed by atoms with Crippen LogP contribution in [0.15, 0.2) is 78.0 Å². The van der Waals surface area contributed by atoms with Gasteiger partial charge in [0.2, 0.25) is 0 Å². The van der Waals surface area contributed by atoms with Crippen molar-refractivity contribution in [1.82, 2.24) is 14.5 Å². The summed E-state index contributed by atoms with van der Waals surface area (Å²) < 4.78 is 2.07. The number of rotatable bonds is 4. The number of nitrogens with zero attached hydrogens (tertiary/aromatic N) is 4. The van der Waals surface area contributed by atoms with Crippen molar-refractivity contribution in [3.05, 3.63) is 89.7 Å². The zero-order valence-corrected chi connectivity index (χ0v) is 19.0. The average Bonchev–Trinajstić information content (AvgIpc) is 3.40. The molecule has 4 aromatic rings. The summed E-state index contributed by atoms with van der Waals surface area (Å²) in [4.78, 5) is 25.3. The maximum Gasteiger partial charge on any atom is 0.254 e. The Kier molecular flexibility index (Phi) is 5.42. The number of carbonyl (C=O) groups is 1. The molecule has 2 heterocycles. The van der Waals surface area contributed by atoms with Crippen LogP contribution < -0.4 is 0 Å². The van der Waals surface area contributed by atoms with E-state index in [-0.39, 0.29) is 11.9 Å². The third-order valence-electron chi connectivity index (χ3n) is 6.35. The van der Waals surface area contributed by atoms with Gasteiger partial charge in [0.1, 0.15) is 12.9 Å². The summed E-state index contributed by atoms with van der Waals surface area (Å²) in [5.41, 5.74) is 6.92. The highest BCUT2D eigenvalue weighted by Gasteiger charge is 2.37. The van der Waals surface area contributed by atoms with Gasteiger partial charge in [0.05, 0.1) is 29.3 Å². The molecule has 0 aliphatic carbocycles. The zero-order valence-electron chi connectivity index (χ0n) is 19.0. The number of oxime groups is 1. The van der Waals surface area contributed by atoms with Crippen LogP contribution in [0.1, 0.15) is 34.2 Å². The number of para-hydroxylation sites is 2. The van der Waals surface area contributed by atoms with Gasteiger partial charge in [0, 0.05) is 19.0 Å². The highest BCUT2D eigenvalue weighted by molar-refractivity contribution is 6.01. The van der Waals surface area contributed by atoms with E-state index in [9.17, 15) is 4.79 Å². The van der Waals surface area contributed by atoms with E-state index >= 15 is 0 Å². The van der Waals surface area contributed by atoms with Gasteiger partial charge in [-0.25, -0.2) is 4.98 Å². The molecule has 0 spiro atoms. The van der Waals surface area contributed by atoms with Crippen molar-refractivity contribution in [1.29, 1.82) is 0 Å². The number of benzene rings is 3. The van der Waals surface area contributed by atoms with E-state index in [1.165, 1.54) is 18.2 Å². The maximum atomic E-state index is 13.6. The highest BCUT2D eigenvalue weighted by atomic mass is 16.6. The molecule has 1 saturated heterocycles. The molecular formula is C27H26N4O2. The molecule has 5 rings (SSSR count). The molecule has 1 unspecified atom stereocenters. The molecule has 1 aliphatic heterocycles. The first-order valence-corrected chi connectivity index (χ1v) is 11.0. The minimum Gasteiger partial charge on any atom is -0.399 e. The van der Waals surface area contributed by atoms with E-state index in [2.05, 4.69) is 28.8 Å². The van der Waals surface area contributed by atoms with Gasteiger partial charge >= 0.3 is 0 Å². The van der Waals surface area contributed by atoms with Gasteiger partial charge in [-0.1, -0.05) is 53.7 Å². The van der Waals surface area contributed by atoms with Gasteiger partial charge < -0.3 is 14.3 Å². The maximum absolute atomic E-state index is 13.6. The summed E-state index contributed by atoms with van der Waals surface area (Å²) in [6, 6.07) is 23.9. The molecule has 3 aromatic carbocycles. The molecule has 0 bridgehead atoms. The molecule has 1 aromatic heterocycles. The minimum atomic E-state index is -0.208. The van der Waals surface area contributed by atoms with Crippen LogP contribution in [-0.2, 0) is 11.9 Å². The average molecular weight is 439 g/mol. The van der Waals surface area contributed by atoms with Crippen molar-refractivity contribution in [3.63, 3.8) is 0 Å². The second-order valence-electron chi connectivity index (χ2n) is 8.40. The number of fused-ring (bicyclic) bond motifs is 1. The minimum absolute atomic E-state index is 0.0373. The molecule has 33 heavy (non-hydrogen) atoms. The SMILES string of the molecule is CON=C1CC(c2nc3ccccc3n2C)N(C(=O)c2ccc(-c3ccccc3C)cc2)C1.